The molecule has 10 heteroatoms. The summed E-state index contributed by atoms with van der Waals surface area (Å²) in [5.41, 5.74) is 1.54. The average Bonchev–Trinajstić information content (AvgIpc) is 3.41. The number of fused-ring (bicyclic) bond motifs is 1. The van der Waals surface area contributed by atoms with Gasteiger partial charge in [0.05, 0.1) is 31.4 Å². The second kappa shape index (κ2) is 10.6. The summed E-state index contributed by atoms with van der Waals surface area (Å²) in [5.74, 6) is 0.199. The Bertz CT molecular complexity index is 1450. The minimum absolute atomic E-state index is 0.212. The first-order chi connectivity index (χ1) is 16.3. The Labute approximate surface area is 220 Å². The number of carbonyl (C=O) groups is 1. The van der Waals surface area contributed by atoms with Crippen molar-refractivity contribution in [2.24, 2.45) is 4.99 Å². The monoisotopic (exact) mass is 622 g/mol. The van der Waals surface area contributed by atoms with Crippen LogP contribution in [0.2, 0.25) is 0 Å². The molecular formula is C24H20Br2N2O4S2. The molecule has 34 heavy (non-hydrogen) atoms. The van der Waals surface area contributed by atoms with Crippen LogP contribution in [0.1, 0.15) is 30.3 Å². The van der Waals surface area contributed by atoms with E-state index in [0.717, 1.165) is 19.4 Å². The van der Waals surface area contributed by atoms with Crippen molar-refractivity contribution in [2.45, 2.75) is 19.9 Å². The smallest absolute Gasteiger partial charge is 0.338 e. The Morgan fingerprint density at radius 3 is 2.68 bits per heavy atom. The fraction of sp³-hybridized carbons (Fsp3) is 0.208. The zero-order valence-corrected chi connectivity index (χ0v) is 23.1. The molecule has 0 fully saturated rings. The first-order valence-corrected chi connectivity index (χ1v) is 13.6. The molecule has 0 aliphatic carbocycles. The van der Waals surface area contributed by atoms with E-state index in [1.54, 1.807) is 24.5 Å². The Morgan fingerprint density at radius 1 is 1.32 bits per heavy atom. The lowest BCUT2D eigenvalue weighted by Gasteiger charge is -2.23. The third-order valence-electron chi connectivity index (χ3n) is 4.99. The van der Waals surface area contributed by atoms with Crippen LogP contribution in [0.5, 0.6) is 5.75 Å². The first-order valence-electron chi connectivity index (χ1n) is 10.3. The highest BCUT2D eigenvalue weighted by Gasteiger charge is 2.33. The molecule has 0 bridgehead atoms. The maximum atomic E-state index is 13.6. The molecule has 3 heterocycles. The van der Waals surface area contributed by atoms with Crippen molar-refractivity contribution in [1.29, 1.82) is 0 Å². The summed E-state index contributed by atoms with van der Waals surface area (Å²) in [7, 11) is 0. The molecule has 6 nitrogen and oxygen atoms in total. The van der Waals surface area contributed by atoms with Gasteiger partial charge in [-0.2, -0.15) is 0 Å². The summed E-state index contributed by atoms with van der Waals surface area (Å²) in [6.45, 7) is 7.82. The lowest BCUT2D eigenvalue weighted by molar-refractivity contribution is -0.139. The van der Waals surface area contributed by atoms with Crippen LogP contribution in [0.4, 0.5) is 0 Å². The second-order valence-corrected chi connectivity index (χ2v) is 10.9. The zero-order valence-electron chi connectivity index (χ0n) is 18.3. The summed E-state index contributed by atoms with van der Waals surface area (Å²) in [6.07, 6.45) is 3.48. The Morgan fingerprint density at radius 2 is 2.06 bits per heavy atom. The highest BCUT2D eigenvalue weighted by molar-refractivity contribution is 9.11. The molecule has 0 N–H and O–H groups in total. The van der Waals surface area contributed by atoms with E-state index in [2.05, 4.69) is 43.4 Å². The van der Waals surface area contributed by atoms with Gasteiger partial charge in [-0.25, -0.2) is 9.79 Å². The molecule has 0 radical (unpaired) electrons. The van der Waals surface area contributed by atoms with Crippen LogP contribution in [0, 0.1) is 0 Å². The van der Waals surface area contributed by atoms with Crippen molar-refractivity contribution in [3.8, 4) is 5.75 Å². The van der Waals surface area contributed by atoms with E-state index >= 15 is 0 Å². The van der Waals surface area contributed by atoms with Crippen LogP contribution in [0.3, 0.4) is 0 Å². The molecular weight excluding hydrogens is 604 g/mol. The SMILES string of the molecule is C=CCOc1c(Br)cc(/C=c2\sc3n(c2=O)[C@H](c2cccs2)C(C(=O)OCC)=C(C)N=3)cc1Br. The second-order valence-electron chi connectivity index (χ2n) is 7.23. The van der Waals surface area contributed by atoms with Gasteiger partial charge in [-0.15, -0.1) is 11.3 Å². The van der Waals surface area contributed by atoms with E-state index < -0.39 is 12.0 Å². The fourth-order valence-electron chi connectivity index (χ4n) is 3.60. The van der Waals surface area contributed by atoms with E-state index in [1.165, 1.54) is 22.7 Å². The molecule has 0 saturated carbocycles. The van der Waals surface area contributed by atoms with Crippen LogP contribution >= 0.6 is 54.5 Å². The number of carbonyl (C=O) groups excluding carboxylic acids is 1. The van der Waals surface area contributed by atoms with Gasteiger partial charge < -0.3 is 9.47 Å². The molecule has 1 atom stereocenters. The number of ether oxygens (including phenoxy) is 2. The van der Waals surface area contributed by atoms with E-state index in [-0.39, 0.29) is 12.2 Å². The number of allylic oxidation sites excluding steroid dienone is 1. The minimum Gasteiger partial charge on any atom is -0.487 e. The number of aromatic nitrogens is 1. The third kappa shape index (κ3) is 4.77. The molecule has 3 aromatic rings. The summed E-state index contributed by atoms with van der Waals surface area (Å²) < 4.78 is 14.6. The maximum Gasteiger partial charge on any atom is 0.338 e. The van der Waals surface area contributed by atoms with Gasteiger partial charge in [0, 0.05) is 4.88 Å². The Kier molecular flexibility index (Phi) is 7.71. The van der Waals surface area contributed by atoms with Gasteiger partial charge in [-0.3, -0.25) is 9.36 Å². The fourth-order valence-corrected chi connectivity index (χ4v) is 6.92. The number of hydrogen-bond acceptors (Lipinski definition) is 7. The Balaban J connectivity index is 1.86. The van der Waals surface area contributed by atoms with Gasteiger partial charge in [0.25, 0.3) is 5.56 Å². The number of halogens is 2. The third-order valence-corrected chi connectivity index (χ3v) is 8.08. The number of thiophene rings is 1. The summed E-state index contributed by atoms with van der Waals surface area (Å²) >= 11 is 9.85. The lowest BCUT2D eigenvalue weighted by atomic mass is 10.0. The number of benzene rings is 1. The summed E-state index contributed by atoms with van der Waals surface area (Å²) in [6, 6.07) is 7.01. The lowest BCUT2D eigenvalue weighted by Crippen LogP contribution is -2.39. The molecule has 1 aromatic carbocycles. The highest BCUT2D eigenvalue weighted by Crippen LogP contribution is 2.35. The minimum atomic E-state index is -0.578. The molecule has 176 valence electrons. The topological polar surface area (TPSA) is 69.9 Å². The van der Waals surface area contributed by atoms with Crippen molar-refractivity contribution in [3.63, 3.8) is 0 Å². The standard InChI is InChI=1S/C24H20Br2N2O4S2/c1-4-8-32-21-15(25)10-14(11-16(21)26)12-18-22(29)28-20(17-7-6-9-33-17)19(23(30)31-5-2)13(3)27-24(28)34-18/h4,6-7,9-12,20H,1,5,8H2,2-3H3/b18-12-/t20-/m1/s1. The summed E-state index contributed by atoms with van der Waals surface area (Å²) in [4.78, 5) is 32.4. The number of rotatable bonds is 7. The van der Waals surface area contributed by atoms with E-state index in [4.69, 9.17) is 9.47 Å². The number of thiazole rings is 1. The predicted octanol–water partition coefficient (Wildman–Crippen LogP) is 4.95. The highest BCUT2D eigenvalue weighted by atomic mass is 79.9. The van der Waals surface area contributed by atoms with Crippen molar-refractivity contribution in [3.05, 3.63) is 92.6 Å². The van der Waals surface area contributed by atoms with E-state index in [0.29, 0.717) is 33.0 Å². The average molecular weight is 624 g/mol. The van der Waals surface area contributed by atoms with Crippen LogP contribution in [-0.2, 0) is 9.53 Å². The normalized spacial score (nSPS) is 15.6. The Hall–Kier alpha value is -2.27. The van der Waals surface area contributed by atoms with E-state index in [1.807, 2.05) is 35.7 Å². The van der Waals surface area contributed by atoms with Gasteiger partial charge in [-0.1, -0.05) is 30.1 Å². The van der Waals surface area contributed by atoms with Gasteiger partial charge in [0.15, 0.2) is 4.80 Å². The first kappa shape index (κ1) is 24.8. The number of hydrogen-bond donors (Lipinski definition) is 0. The van der Waals surface area contributed by atoms with Crippen molar-refractivity contribution < 1.29 is 14.3 Å². The number of esters is 1. The van der Waals surface area contributed by atoms with Gasteiger partial charge >= 0.3 is 5.97 Å². The molecule has 1 aliphatic heterocycles. The van der Waals surface area contributed by atoms with Gasteiger partial charge in [-0.05, 0) is 80.9 Å². The largest absolute Gasteiger partial charge is 0.487 e. The molecule has 0 amide bonds. The van der Waals surface area contributed by atoms with Gasteiger partial charge in [0.2, 0.25) is 0 Å². The van der Waals surface area contributed by atoms with Crippen LogP contribution in [0.25, 0.3) is 6.08 Å². The maximum absolute atomic E-state index is 13.6. The molecule has 0 saturated heterocycles. The molecule has 0 spiro atoms. The molecule has 0 unspecified atom stereocenters. The van der Waals surface area contributed by atoms with Crippen molar-refractivity contribution >= 4 is 66.6 Å². The molecule has 1 aliphatic rings. The van der Waals surface area contributed by atoms with Crippen LogP contribution in [-0.4, -0.2) is 23.8 Å². The molecule has 4 rings (SSSR count). The number of nitrogens with zero attached hydrogens (tertiary/aromatic N) is 2. The van der Waals surface area contributed by atoms with Crippen LogP contribution < -0.4 is 19.6 Å². The zero-order chi connectivity index (χ0) is 24.4. The quantitative estimate of drug-likeness (QED) is 0.276. The van der Waals surface area contributed by atoms with Crippen LogP contribution in [0.15, 0.2) is 72.3 Å². The van der Waals surface area contributed by atoms with Crippen molar-refractivity contribution in [2.75, 3.05) is 13.2 Å². The molecule has 2 aromatic heterocycles. The predicted molar refractivity (Wildman–Crippen MR) is 142 cm³/mol. The van der Waals surface area contributed by atoms with Crippen molar-refractivity contribution in [1.82, 2.24) is 4.57 Å². The van der Waals surface area contributed by atoms with Gasteiger partial charge in [0.1, 0.15) is 18.4 Å². The summed E-state index contributed by atoms with van der Waals surface area (Å²) in [5, 5.41) is 1.92. The van der Waals surface area contributed by atoms with E-state index in [9.17, 15) is 9.59 Å².